The van der Waals surface area contributed by atoms with Crippen LogP contribution in [0.2, 0.25) is 5.02 Å². The zero-order valence-corrected chi connectivity index (χ0v) is 17.7. The molecule has 2 aliphatic rings. The monoisotopic (exact) mass is 452 g/mol. The Morgan fingerprint density at radius 2 is 1.62 bits per heavy atom. The minimum Gasteiger partial charge on any atom is -0.497 e. The third-order valence-corrected chi connectivity index (χ3v) is 6.05. The van der Waals surface area contributed by atoms with Crippen LogP contribution in [0.25, 0.3) is 0 Å². The molecule has 0 N–H and O–H groups in total. The quantitative estimate of drug-likeness (QED) is 0.544. The summed E-state index contributed by atoms with van der Waals surface area (Å²) in [5.41, 5.74) is 1.63. The molecule has 5 rings (SSSR count). The number of nitrogens with zero attached hydrogens (tertiary/aromatic N) is 2. The fraction of sp³-hybridized carbons (Fsp3) is 0.167. The van der Waals surface area contributed by atoms with E-state index < -0.39 is 35.7 Å². The van der Waals surface area contributed by atoms with Gasteiger partial charge in [-0.1, -0.05) is 41.9 Å². The van der Waals surface area contributed by atoms with E-state index in [4.69, 9.17) is 21.2 Å². The molecular formula is C24H18ClFN2O4. The SMILES string of the molecule is COc1ccc(N2O[C@@H]3C(=O)N(c4ccc(Cl)c(F)c4)C(=O)[C@@H]3[C@@H]2c2ccccc2)cc1. The maximum absolute atomic E-state index is 14.0. The van der Waals surface area contributed by atoms with Crippen LogP contribution in [-0.4, -0.2) is 25.0 Å². The van der Waals surface area contributed by atoms with Gasteiger partial charge >= 0.3 is 0 Å². The van der Waals surface area contributed by atoms with Crippen LogP contribution in [0, 0.1) is 11.7 Å². The van der Waals surface area contributed by atoms with E-state index in [1.807, 2.05) is 30.3 Å². The van der Waals surface area contributed by atoms with Crippen molar-refractivity contribution in [2.45, 2.75) is 12.1 Å². The highest BCUT2D eigenvalue weighted by molar-refractivity contribution is 6.31. The van der Waals surface area contributed by atoms with E-state index in [0.717, 1.165) is 16.5 Å². The zero-order valence-electron chi connectivity index (χ0n) is 16.9. The van der Waals surface area contributed by atoms with Crippen molar-refractivity contribution < 1.29 is 23.6 Å². The molecule has 0 bridgehead atoms. The van der Waals surface area contributed by atoms with Crippen molar-refractivity contribution in [2.24, 2.45) is 5.92 Å². The number of amides is 2. The Kier molecular flexibility index (Phi) is 5.07. The van der Waals surface area contributed by atoms with Crippen molar-refractivity contribution in [3.05, 3.63) is 89.2 Å². The van der Waals surface area contributed by atoms with Crippen LogP contribution < -0.4 is 14.7 Å². The van der Waals surface area contributed by atoms with E-state index in [1.165, 1.54) is 12.1 Å². The number of halogens is 2. The number of ether oxygens (including phenoxy) is 1. The van der Waals surface area contributed by atoms with E-state index in [9.17, 15) is 14.0 Å². The summed E-state index contributed by atoms with van der Waals surface area (Å²) in [6.45, 7) is 0. The highest BCUT2D eigenvalue weighted by Gasteiger charge is 2.60. The predicted molar refractivity (Wildman–Crippen MR) is 117 cm³/mol. The van der Waals surface area contributed by atoms with Gasteiger partial charge in [0.25, 0.3) is 5.91 Å². The molecule has 2 amide bonds. The highest BCUT2D eigenvalue weighted by Crippen LogP contribution is 2.47. The third kappa shape index (κ3) is 3.21. The molecule has 3 aromatic rings. The van der Waals surface area contributed by atoms with Crippen LogP contribution in [0.3, 0.4) is 0 Å². The Balaban J connectivity index is 1.56. The highest BCUT2D eigenvalue weighted by atomic mass is 35.5. The van der Waals surface area contributed by atoms with Gasteiger partial charge in [0.1, 0.15) is 17.5 Å². The fourth-order valence-corrected chi connectivity index (χ4v) is 4.35. The van der Waals surface area contributed by atoms with Crippen LogP contribution in [0.5, 0.6) is 5.75 Å². The number of fused-ring (bicyclic) bond motifs is 1. The van der Waals surface area contributed by atoms with Crippen molar-refractivity contribution in [1.82, 2.24) is 0 Å². The summed E-state index contributed by atoms with van der Waals surface area (Å²) < 4.78 is 19.3. The standard InChI is InChI=1S/C24H18ClFN2O4/c1-31-17-10-7-15(8-11-17)28-21(14-5-3-2-4-6-14)20-22(32-28)24(30)27(23(20)29)16-9-12-18(25)19(26)13-16/h2-13,20-22H,1H3/t20-,21+,22+/m1/s1. The second kappa shape index (κ2) is 7.93. The number of hydroxylamine groups is 1. The molecule has 2 fully saturated rings. The smallest absolute Gasteiger partial charge is 0.266 e. The van der Waals surface area contributed by atoms with E-state index >= 15 is 0 Å². The molecule has 0 spiro atoms. The Labute approximate surface area is 188 Å². The first-order chi connectivity index (χ1) is 15.5. The molecule has 32 heavy (non-hydrogen) atoms. The third-order valence-electron chi connectivity index (χ3n) is 5.74. The summed E-state index contributed by atoms with van der Waals surface area (Å²) in [5, 5.41) is 1.51. The second-order valence-electron chi connectivity index (χ2n) is 7.54. The lowest BCUT2D eigenvalue weighted by Gasteiger charge is -2.28. The molecule has 8 heteroatoms. The van der Waals surface area contributed by atoms with E-state index in [-0.39, 0.29) is 10.7 Å². The number of rotatable bonds is 4. The fourth-order valence-electron chi connectivity index (χ4n) is 4.24. The van der Waals surface area contributed by atoms with Gasteiger partial charge in [-0.2, -0.15) is 0 Å². The van der Waals surface area contributed by atoms with Gasteiger partial charge in [0.2, 0.25) is 5.91 Å². The van der Waals surface area contributed by atoms with Crippen LogP contribution in [0.1, 0.15) is 11.6 Å². The van der Waals surface area contributed by atoms with Crippen molar-refractivity contribution in [2.75, 3.05) is 17.1 Å². The first-order valence-corrected chi connectivity index (χ1v) is 10.4. The minimum absolute atomic E-state index is 0.0860. The van der Waals surface area contributed by atoms with Gasteiger partial charge in [0, 0.05) is 0 Å². The number of carbonyl (C=O) groups excluding carboxylic acids is 2. The van der Waals surface area contributed by atoms with E-state index in [2.05, 4.69) is 0 Å². The summed E-state index contributed by atoms with van der Waals surface area (Å²) >= 11 is 5.76. The minimum atomic E-state index is -1.03. The molecule has 2 heterocycles. The van der Waals surface area contributed by atoms with Crippen LogP contribution in [0.4, 0.5) is 15.8 Å². The van der Waals surface area contributed by atoms with Crippen molar-refractivity contribution in [3.8, 4) is 5.75 Å². The Hall–Kier alpha value is -3.42. The Morgan fingerprint density at radius 1 is 0.938 bits per heavy atom. The average molecular weight is 453 g/mol. The van der Waals surface area contributed by atoms with Crippen molar-refractivity contribution >= 4 is 34.8 Å². The maximum Gasteiger partial charge on any atom is 0.266 e. The van der Waals surface area contributed by atoms with Gasteiger partial charge in [0.15, 0.2) is 6.10 Å². The molecule has 3 aromatic carbocycles. The van der Waals surface area contributed by atoms with E-state index in [1.54, 1.807) is 36.4 Å². The number of methoxy groups -OCH3 is 1. The second-order valence-corrected chi connectivity index (χ2v) is 7.95. The first-order valence-electron chi connectivity index (χ1n) is 9.97. The zero-order chi connectivity index (χ0) is 22.4. The number of anilines is 2. The molecular weight excluding hydrogens is 435 g/mol. The lowest BCUT2D eigenvalue weighted by Crippen LogP contribution is -2.37. The molecule has 6 nitrogen and oxygen atoms in total. The summed E-state index contributed by atoms with van der Waals surface area (Å²) in [6.07, 6.45) is -1.03. The number of benzene rings is 3. The maximum atomic E-state index is 14.0. The number of hydrogen-bond donors (Lipinski definition) is 0. The van der Waals surface area contributed by atoms with Crippen molar-refractivity contribution in [1.29, 1.82) is 0 Å². The summed E-state index contributed by atoms with van der Waals surface area (Å²) in [7, 11) is 1.57. The van der Waals surface area contributed by atoms with Crippen LogP contribution in [-0.2, 0) is 14.4 Å². The summed E-state index contributed by atoms with van der Waals surface area (Å²) in [5.74, 6) is -1.83. The lowest BCUT2D eigenvalue weighted by atomic mass is 9.90. The Morgan fingerprint density at radius 3 is 2.28 bits per heavy atom. The molecule has 0 aliphatic carbocycles. The lowest BCUT2D eigenvalue weighted by molar-refractivity contribution is -0.126. The molecule has 0 saturated carbocycles. The molecule has 0 unspecified atom stereocenters. The molecule has 0 aromatic heterocycles. The average Bonchev–Trinajstić information content (AvgIpc) is 3.32. The normalized spacial score (nSPS) is 22.4. The molecule has 162 valence electrons. The summed E-state index contributed by atoms with van der Waals surface area (Å²) in [6, 6.07) is 19.8. The van der Waals surface area contributed by atoms with Gasteiger partial charge in [-0.05, 0) is 48.0 Å². The van der Waals surface area contributed by atoms with Gasteiger partial charge in [-0.15, -0.1) is 0 Å². The summed E-state index contributed by atoms with van der Waals surface area (Å²) in [4.78, 5) is 33.7. The van der Waals surface area contributed by atoms with Gasteiger partial charge in [-0.3, -0.25) is 14.4 Å². The van der Waals surface area contributed by atoms with Gasteiger partial charge < -0.3 is 4.74 Å². The van der Waals surface area contributed by atoms with Gasteiger partial charge in [-0.25, -0.2) is 14.4 Å². The topological polar surface area (TPSA) is 59.1 Å². The van der Waals surface area contributed by atoms with E-state index in [0.29, 0.717) is 11.4 Å². The first kappa shape index (κ1) is 20.5. The number of imide groups is 1. The largest absolute Gasteiger partial charge is 0.497 e. The van der Waals surface area contributed by atoms with Gasteiger partial charge in [0.05, 0.1) is 29.5 Å². The molecule has 2 aliphatic heterocycles. The Bertz CT molecular complexity index is 1190. The number of carbonyl (C=O) groups is 2. The van der Waals surface area contributed by atoms with Crippen LogP contribution in [0.15, 0.2) is 72.8 Å². The predicted octanol–water partition coefficient (Wildman–Crippen LogP) is 4.54. The van der Waals surface area contributed by atoms with Crippen LogP contribution >= 0.6 is 11.6 Å². The molecule has 3 atom stereocenters. The molecule has 2 saturated heterocycles. The number of hydrogen-bond acceptors (Lipinski definition) is 5. The molecule has 0 radical (unpaired) electrons. The van der Waals surface area contributed by atoms with Crippen molar-refractivity contribution in [3.63, 3.8) is 0 Å².